The number of anilines is 1. The van der Waals surface area contributed by atoms with Gasteiger partial charge >= 0.3 is 0 Å². The van der Waals surface area contributed by atoms with Crippen LogP contribution in [0.1, 0.15) is 43.2 Å². The number of ether oxygens (including phenoxy) is 1. The lowest BCUT2D eigenvalue weighted by Gasteiger charge is -2.22. The van der Waals surface area contributed by atoms with Gasteiger partial charge in [-0.05, 0) is 51.9 Å². The molecule has 1 fully saturated rings. The normalized spacial score (nSPS) is 15.4. The average molecular weight is 364 g/mol. The van der Waals surface area contributed by atoms with Crippen LogP contribution >= 0.6 is 11.6 Å². The molecule has 1 aromatic heterocycles. The first-order valence-corrected chi connectivity index (χ1v) is 8.81. The second-order valence-electron chi connectivity index (χ2n) is 6.30. The topological polar surface area (TPSA) is 81.1 Å². The number of halogens is 1. The number of carbonyl (C=O) groups is 1. The maximum absolute atomic E-state index is 12.5. The fourth-order valence-electron chi connectivity index (χ4n) is 2.78. The van der Waals surface area contributed by atoms with E-state index in [0.717, 1.165) is 25.9 Å². The average Bonchev–Trinajstić information content (AvgIpc) is 3.09. The van der Waals surface area contributed by atoms with E-state index in [4.69, 9.17) is 16.3 Å². The summed E-state index contributed by atoms with van der Waals surface area (Å²) in [6, 6.07) is 5.51. The van der Waals surface area contributed by atoms with E-state index in [1.165, 1.54) is 0 Å². The summed E-state index contributed by atoms with van der Waals surface area (Å²) < 4.78 is 7.50. The van der Waals surface area contributed by atoms with Gasteiger partial charge in [0.05, 0.1) is 29.1 Å². The molecule has 1 aliphatic heterocycles. The summed E-state index contributed by atoms with van der Waals surface area (Å²) >= 11 is 6.19. The Balaban J connectivity index is 1.74. The molecule has 7 nitrogen and oxygen atoms in total. The van der Waals surface area contributed by atoms with Gasteiger partial charge in [-0.3, -0.25) is 4.79 Å². The summed E-state index contributed by atoms with van der Waals surface area (Å²) in [5.74, 6) is 0.120. The van der Waals surface area contributed by atoms with E-state index in [2.05, 4.69) is 20.9 Å². The predicted octanol–water partition coefficient (Wildman–Crippen LogP) is 2.90. The molecular weight excluding hydrogens is 342 g/mol. The molecule has 25 heavy (non-hydrogen) atoms. The third-order valence-electron chi connectivity index (χ3n) is 3.99. The summed E-state index contributed by atoms with van der Waals surface area (Å²) in [6.07, 6.45) is 3.59. The van der Waals surface area contributed by atoms with Crippen molar-refractivity contribution < 1.29 is 9.53 Å². The van der Waals surface area contributed by atoms with Crippen LogP contribution in [-0.4, -0.2) is 40.1 Å². The van der Waals surface area contributed by atoms with E-state index in [9.17, 15) is 4.79 Å². The van der Waals surface area contributed by atoms with Crippen LogP contribution in [0.3, 0.4) is 0 Å². The third-order valence-corrected chi connectivity index (χ3v) is 4.29. The number of hydrogen-bond donors (Lipinski definition) is 2. The SMILES string of the molecule is CC(C)Oc1c(Cl)cccc1NC(=O)c1cn(C2CCNCC2)nn1. The molecule has 8 heteroatoms. The largest absolute Gasteiger partial charge is 0.487 e. The highest BCUT2D eigenvalue weighted by Crippen LogP contribution is 2.34. The quantitative estimate of drug-likeness (QED) is 0.853. The van der Waals surface area contributed by atoms with Gasteiger partial charge in [0, 0.05) is 0 Å². The molecule has 0 unspecified atom stereocenters. The van der Waals surface area contributed by atoms with Crippen LogP contribution in [-0.2, 0) is 0 Å². The Kier molecular flexibility index (Phi) is 5.55. The van der Waals surface area contributed by atoms with Crippen molar-refractivity contribution in [2.24, 2.45) is 0 Å². The van der Waals surface area contributed by atoms with Crippen molar-refractivity contribution in [3.8, 4) is 5.75 Å². The van der Waals surface area contributed by atoms with Crippen LogP contribution in [0, 0.1) is 0 Å². The molecule has 0 saturated carbocycles. The smallest absolute Gasteiger partial charge is 0.277 e. The van der Waals surface area contributed by atoms with Crippen LogP contribution in [0.5, 0.6) is 5.75 Å². The molecule has 2 N–H and O–H groups in total. The standard InChI is InChI=1S/C17H22ClN5O2/c1-11(2)25-16-13(18)4-3-5-14(16)20-17(24)15-10-23(22-21-15)12-6-8-19-9-7-12/h3-5,10-12,19H,6-9H2,1-2H3,(H,20,24). The van der Waals surface area contributed by atoms with Gasteiger partial charge in [0.1, 0.15) is 0 Å². The number of para-hydroxylation sites is 1. The first-order valence-electron chi connectivity index (χ1n) is 8.43. The van der Waals surface area contributed by atoms with Gasteiger partial charge in [0.25, 0.3) is 5.91 Å². The summed E-state index contributed by atoms with van der Waals surface area (Å²) in [5.41, 5.74) is 0.789. The van der Waals surface area contributed by atoms with Crippen LogP contribution in [0.15, 0.2) is 24.4 Å². The number of carbonyl (C=O) groups excluding carboxylic acids is 1. The van der Waals surface area contributed by atoms with Gasteiger partial charge < -0.3 is 15.4 Å². The van der Waals surface area contributed by atoms with Gasteiger partial charge in [-0.15, -0.1) is 5.10 Å². The van der Waals surface area contributed by atoms with Gasteiger partial charge in [-0.2, -0.15) is 0 Å². The Morgan fingerprint density at radius 1 is 1.40 bits per heavy atom. The van der Waals surface area contributed by atoms with Crippen molar-refractivity contribution in [2.45, 2.75) is 38.8 Å². The van der Waals surface area contributed by atoms with Crippen LogP contribution in [0.2, 0.25) is 5.02 Å². The number of benzene rings is 1. The Labute approximate surface area is 151 Å². The van der Waals surface area contributed by atoms with E-state index in [-0.39, 0.29) is 23.7 Å². The molecule has 3 rings (SSSR count). The Hall–Kier alpha value is -2.12. The van der Waals surface area contributed by atoms with Crippen molar-refractivity contribution in [1.29, 1.82) is 0 Å². The molecule has 1 aliphatic rings. The highest BCUT2D eigenvalue weighted by molar-refractivity contribution is 6.32. The molecule has 1 amide bonds. The van der Waals surface area contributed by atoms with E-state index in [1.807, 2.05) is 13.8 Å². The first kappa shape index (κ1) is 17.7. The summed E-state index contributed by atoms with van der Waals surface area (Å²) in [5, 5.41) is 14.7. The monoisotopic (exact) mass is 363 g/mol. The van der Waals surface area contributed by atoms with E-state index >= 15 is 0 Å². The number of nitrogens with one attached hydrogen (secondary N) is 2. The molecule has 0 aliphatic carbocycles. The summed E-state index contributed by atoms with van der Waals surface area (Å²) in [4.78, 5) is 12.5. The fraction of sp³-hybridized carbons (Fsp3) is 0.471. The Bertz CT molecular complexity index is 740. The molecule has 1 aromatic carbocycles. The second kappa shape index (κ2) is 7.84. The Morgan fingerprint density at radius 2 is 2.16 bits per heavy atom. The maximum Gasteiger partial charge on any atom is 0.277 e. The molecule has 1 saturated heterocycles. The van der Waals surface area contributed by atoms with Crippen molar-refractivity contribution in [3.05, 3.63) is 35.1 Å². The lowest BCUT2D eigenvalue weighted by molar-refractivity contribution is 0.102. The predicted molar refractivity (Wildman–Crippen MR) is 96.3 cm³/mol. The minimum Gasteiger partial charge on any atom is -0.487 e. The zero-order valence-electron chi connectivity index (χ0n) is 14.3. The minimum atomic E-state index is -0.337. The van der Waals surface area contributed by atoms with Gasteiger partial charge in [-0.1, -0.05) is 22.9 Å². The molecule has 0 bridgehead atoms. The van der Waals surface area contributed by atoms with Gasteiger partial charge in [0.2, 0.25) is 0 Å². The number of rotatable bonds is 5. The van der Waals surface area contributed by atoms with E-state index in [0.29, 0.717) is 16.5 Å². The third kappa shape index (κ3) is 4.29. The summed E-state index contributed by atoms with van der Waals surface area (Å²) in [6.45, 7) is 5.70. The molecule has 134 valence electrons. The number of hydrogen-bond acceptors (Lipinski definition) is 5. The number of amides is 1. The number of piperidine rings is 1. The summed E-state index contributed by atoms with van der Waals surface area (Å²) in [7, 11) is 0. The molecule has 0 radical (unpaired) electrons. The highest BCUT2D eigenvalue weighted by atomic mass is 35.5. The molecule has 2 aromatic rings. The fourth-order valence-corrected chi connectivity index (χ4v) is 3.00. The van der Waals surface area contributed by atoms with Crippen molar-refractivity contribution in [1.82, 2.24) is 20.3 Å². The van der Waals surface area contributed by atoms with Crippen molar-refractivity contribution in [3.63, 3.8) is 0 Å². The minimum absolute atomic E-state index is 0.0589. The molecular formula is C17H22ClN5O2. The van der Waals surface area contributed by atoms with E-state index < -0.39 is 0 Å². The number of nitrogens with zero attached hydrogens (tertiary/aromatic N) is 3. The molecule has 2 heterocycles. The van der Waals surface area contributed by atoms with Crippen molar-refractivity contribution in [2.75, 3.05) is 18.4 Å². The molecule has 0 atom stereocenters. The van der Waals surface area contributed by atoms with Gasteiger partial charge in [0.15, 0.2) is 11.4 Å². The maximum atomic E-state index is 12.5. The zero-order chi connectivity index (χ0) is 17.8. The highest BCUT2D eigenvalue weighted by Gasteiger charge is 2.20. The lowest BCUT2D eigenvalue weighted by Crippen LogP contribution is -2.29. The van der Waals surface area contributed by atoms with Crippen LogP contribution in [0.25, 0.3) is 0 Å². The van der Waals surface area contributed by atoms with Crippen LogP contribution in [0.4, 0.5) is 5.69 Å². The molecule has 0 spiro atoms. The first-order chi connectivity index (χ1) is 12.0. The zero-order valence-corrected chi connectivity index (χ0v) is 15.1. The van der Waals surface area contributed by atoms with Crippen molar-refractivity contribution >= 4 is 23.2 Å². The van der Waals surface area contributed by atoms with E-state index in [1.54, 1.807) is 29.1 Å². The number of aromatic nitrogens is 3. The van der Waals surface area contributed by atoms with Crippen LogP contribution < -0.4 is 15.4 Å². The Morgan fingerprint density at radius 3 is 2.88 bits per heavy atom. The lowest BCUT2D eigenvalue weighted by atomic mass is 10.1. The van der Waals surface area contributed by atoms with Gasteiger partial charge in [-0.25, -0.2) is 4.68 Å². The second-order valence-corrected chi connectivity index (χ2v) is 6.71.